The van der Waals surface area contributed by atoms with Crippen LogP contribution >= 0.6 is 0 Å². The van der Waals surface area contributed by atoms with E-state index < -0.39 is 0 Å². The van der Waals surface area contributed by atoms with Gasteiger partial charge in [-0.3, -0.25) is 4.79 Å². The molecule has 0 spiro atoms. The number of carbonyl (C=O) groups is 1. The second-order valence-corrected chi connectivity index (χ2v) is 5.70. The second kappa shape index (κ2) is 4.42. The molecule has 2 N–H and O–H groups in total. The summed E-state index contributed by atoms with van der Waals surface area (Å²) in [6.45, 7) is 8.30. The highest BCUT2D eigenvalue weighted by molar-refractivity contribution is 5.81. The van der Waals surface area contributed by atoms with E-state index in [4.69, 9.17) is 11.0 Å². The average molecular weight is 223 g/mol. The van der Waals surface area contributed by atoms with E-state index in [0.29, 0.717) is 0 Å². The zero-order valence-electron chi connectivity index (χ0n) is 10.4. The lowest BCUT2D eigenvalue weighted by Gasteiger charge is -2.23. The van der Waals surface area contributed by atoms with Crippen LogP contribution in [0.15, 0.2) is 0 Å². The summed E-state index contributed by atoms with van der Waals surface area (Å²) in [4.78, 5) is 13.5. The SMILES string of the molecule is CC(C)(C#N)CCN1CCC(C)(C(N)=O)C1. The highest BCUT2D eigenvalue weighted by Gasteiger charge is 2.38. The molecule has 0 radical (unpaired) electrons. The molecule has 4 nitrogen and oxygen atoms in total. The van der Waals surface area contributed by atoms with Crippen LogP contribution in [0, 0.1) is 22.2 Å². The maximum atomic E-state index is 11.3. The Bertz CT molecular complexity index is 319. The van der Waals surface area contributed by atoms with Crippen molar-refractivity contribution in [2.24, 2.45) is 16.6 Å². The Balaban J connectivity index is 2.44. The fourth-order valence-electron chi connectivity index (χ4n) is 1.94. The normalized spacial score (nSPS) is 26.6. The van der Waals surface area contributed by atoms with Crippen LogP contribution in [0.2, 0.25) is 0 Å². The van der Waals surface area contributed by atoms with E-state index in [1.807, 2.05) is 20.8 Å². The summed E-state index contributed by atoms with van der Waals surface area (Å²) in [5.41, 5.74) is 4.72. The molecule has 0 bridgehead atoms. The molecule has 1 saturated heterocycles. The Morgan fingerprint density at radius 1 is 1.62 bits per heavy atom. The molecule has 0 aliphatic carbocycles. The minimum absolute atomic E-state index is 0.213. The van der Waals surface area contributed by atoms with Crippen molar-refractivity contribution in [2.75, 3.05) is 19.6 Å². The van der Waals surface area contributed by atoms with Crippen molar-refractivity contribution in [3.05, 3.63) is 0 Å². The van der Waals surface area contributed by atoms with Crippen molar-refractivity contribution in [1.29, 1.82) is 5.26 Å². The first-order chi connectivity index (χ1) is 7.29. The van der Waals surface area contributed by atoms with Crippen LogP contribution in [0.5, 0.6) is 0 Å². The van der Waals surface area contributed by atoms with Gasteiger partial charge in [0.15, 0.2) is 0 Å². The first kappa shape index (κ1) is 13.0. The van der Waals surface area contributed by atoms with Gasteiger partial charge in [0.2, 0.25) is 5.91 Å². The standard InChI is InChI=1S/C12H21N3O/c1-11(2,8-13)4-6-15-7-5-12(3,9-15)10(14)16/h4-7,9H2,1-3H3,(H2,14,16). The van der Waals surface area contributed by atoms with Crippen molar-refractivity contribution in [2.45, 2.75) is 33.6 Å². The van der Waals surface area contributed by atoms with Crippen LogP contribution in [0.4, 0.5) is 0 Å². The smallest absolute Gasteiger partial charge is 0.224 e. The molecule has 0 aromatic heterocycles. The summed E-state index contributed by atoms with van der Waals surface area (Å²) in [5, 5.41) is 8.92. The first-order valence-electron chi connectivity index (χ1n) is 5.73. The van der Waals surface area contributed by atoms with Gasteiger partial charge in [-0.1, -0.05) is 0 Å². The molecule has 90 valence electrons. The van der Waals surface area contributed by atoms with E-state index in [-0.39, 0.29) is 16.7 Å². The summed E-state index contributed by atoms with van der Waals surface area (Å²) < 4.78 is 0. The Morgan fingerprint density at radius 3 is 2.69 bits per heavy atom. The summed E-state index contributed by atoms with van der Waals surface area (Å²) >= 11 is 0. The van der Waals surface area contributed by atoms with Crippen LogP contribution in [0.25, 0.3) is 0 Å². The topological polar surface area (TPSA) is 70.1 Å². The summed E-state index contributed by atoms with van der Waals surface area (Å²) in [6.07, 6.45) is 1.66. The number of primary amides is 1. The van der Waals surface area contributed by atoms with Crippen molar-refractivity contribution in [3.8, 4) is 6.07 Å². The third-order valence-electron chi connectivity index (χ3n) is 3.50. The minimum Gasteiger partial charge on any atom is -0.369 e. The largest absolute Gasteiger partial charge is 0.369 e. The van der Waals surface area contributed by atoms with E-state index >= 15 is 0 Å². The van der Waals surface area contributed by atoms with Gasteiger partial charge < -0.3 is 10.6 Å². The van der Waals surface area contributed by atoms with Gasteiger partial charge in [0, 0.05) is 6.54 Å². The van der Waals surface area contributed by atoms with E-state index in [1.54, 1.807) is 0 Å². The predicted molar refractivity (Wildman–Crippen MR) is 62.4 cm³/mol. The molecular formula is C12H21N3O. The van der Waals surface area contributed by atoms with E-state index in [2.05, 4.69) is 11.0 Å². The number of hydrogen-bond donors (Lipinski definition) is 1. The molecule has 1 aliphatic rings. The number of nitrogens with zero attached hydrogens (tertiary/aromatic N) is 2. The van der Waals surface area contributed by atoms with Gasteiger partial charge in [0.25, 0.3) is 0 Å². The third kappa shape index (κ3) is 2.96. The molecule has 1 amide bonds. The molecule has 1 rings (SSSR count). The fourth-order valence-corrected chi connectivity index (χ4v) is 1.94. The van der Waals surface area contributed by atoms with Crippen molar-refractivity contribution < 1.29 is 4.79 Å². The quantitative estimate of drug-likeness (QED) is 0.776. The van der Waals surface area contributed by atoms with Gasteiger partial charge in [-0.05, 0) is 46.7 Å². The van der Waals surface area contributed by atoms with Gasteiger partial charge in [0.05, 0.1) is 16.9 Å². The van der Waals surface area contributed by atoms with Crippen LogP contribution in [0.3, 0.4) is 0 Å². The van der Waals surface area contributed by atoms with Crippen LogP contribution < -0.4 is 5.73 Å². The molecule has 1 atom stereocenters. The van der Waals surface area contributed by atoms with E-state index in [9.17, 15) is 4.79 Å². The van der Waals surface area contributed by atoms with Gasteiger partial charge in [-0.25, -0.2) is 0 Å². The number of nitrogens with two attached hydrogens (primary N) is 1. The molecule has 1 heterocycles. The molecule has 0 aromatic carbocycles. The Kier molecular flexibility index (Phi) is 3.59. The second-order valence-electron chi connectivity index (χ2n) is 5.70. The highest BCUT2D eigenvalue weighted by Crippen LogP contribution is 2.30. The zero-order chi connectivity index (χ0) is 12.4. The third-order valence-corrected chi connectivity index (χ3v) is 3.50. The molecule has 0 aromatic rings. The van der Waals surface area contributed by atoms with Gasteiger partial charge >= 0.3 is 0 Å². The minimum atomic E-state index is -0.378. The number of likely N-dealkylation sites (tertiary alicyclic amines) is 1. The Hall–Kier alpha value is -1.08. The highest BCUT2D eigenvalue weighted by atomic mass is 16.1. The van der Waals surface area contributed by atoms with Crippen LogP contribution in [0.1, 0.15) is 33.6 Å². The lowest BCUT2D eigenvalue weighted by molar-refractivity contribution is -0.126. The lowest BCUT2D eigenvalue weighted by atomic mass is 9.89. The Morgan fingerprint density at radius 2 is 2.25 bits per heavy atom. The lowest BCUT2D eigenvalue weighted by Crippen LogP contribution is -2.37. The van der Waals surface area contributed by atoms with Crippen molar-refractivity contribution in [3.63, 3.8) is 0 Å². The fraction of sp³-hybridized carbons (Fsp3) is 0.833. The molecule has 16 heavy (non-hydrogen) atoms. The maximum absolute atomic E-state index is 11.3. The predicted octanol–water partition coefficient (Wildman–Crippen LogP) is 1.12. The summed E-state index contributed by atoms with van der Waals surface area (Å²) in [5.74, 6) is -0.213. The van der Waals surface area contributed by atoms with Crippen molar-refractivity contribution >= 4 is 5.91 Å². The number of carbonyl (C=O) groups excluding carboxylic acids is 1. The summed E-state index contributed by atoms with van der Waals surface area (Å²) in [6, 6.07) is 2.29. The molecule has 1 aliphatic heterocycles. The molecule has 1 fully saturated rings. The molecule has 0 saturated carbocycles. The van der Waals surface area contributed by atoms with Gasteiger partial charge in [-0.2, -0.15) is 5.26 Å². The molecular weight excluding hydrogens is 202 g/mol. The number of nitriles is 1. The summed E-state index contributed by atoms with van der Waals surface area (Å²) in [7, 11) is 0. The van der Waals surface area contributed by atoms with E-state index in [0.717, 1.165) is 32.5 Å². The molecule has 1 unspecified atom stereocenters. The monoisotopic (exact) mass is 223 g/mol. The number of amides is 1. The average Bonchev–Trinajstić information content (AvgIpc) is 2.59. The number of rotatable bonds is 4. The Labute approximate surface area is 97.4 Å². The first-order valence-corrected chi connectivity index (χ1v) is 5.73. The van der Waals surface area contributed by atoms with Gasteiger partial charge in [0.1, 0.15) is 0 Å². The van der Waals surface area contributed by atoms with Crippen LogP contribution in [-0.2, 0) is 4.79 Å². The van der Waals surface area contributed by atoms with Crippen LogP contribution in [-0.4, -0.2) is 30.4 Å². The van der Waals surface area contributed by atoms with Crippen molar-refractivity contribution in [1.82, 2.24) is 4.90 Å². The molecule has 4 heteroatoms. The zero-order valence-corrected chi connectivity index (χ0v) is 10.4. The van der Waals surface area contributed by atoms with Gasteiger partial charge in [-0.15, -0.1) is 0 Å². The maximum Gasteiger partial charge on any atom is 0.224 e. The number of hydrogen-bond acceptors (Lipinski definition) is 3. The van der Waals surface area contributed by atoms with E-state index in [1.165, 1.54) is 0 Å².